The lowest BCUT2D eigenvalue weighted by Crippen LogP contribution is -2.53. The van der Waals surface area contributed by atoms with Crippen molar-refractivity contribution in [3.63, 3.8) is 0 Å². The van der Waals surface area contributed by atoms with Crippen molar-refractivity contribution in [2.75, 3.05) is 26.7 Å². The number of carbonyl (C=O) groups excluding carboxylic acids is 1. The first-order chi connectivity index (χ1) is 13.3. The smallest absolute Gasteiger partial charge is 0.337 e. The van der Waals surface area contributed by atoms with Crippen LogP contribution in [0.1, 0.15) is 35.5 Å². The number of nitrogens with zero attached hydrogens (tertiary/aromatic N) is 2. The van der Waals surface area contributed by atoms with Gasteiger partial charge in [-0.05, 0) is 37.6 Å². The van der Waals surface area contributed by atoms with Crippen molar-refractivity contribution < 1.29 is 22.7 Å². The predicted molar refractivity (Wildman–Crippen MR) is 104 cm³/mol. The van der Waals surface area contributed by atoms with Gasteiger partial charge >= 0.3 is 5.97 Å². The summed E-state index contributed by atoms with van der Waals surface area (Å²) >= 11 is 0. The molecule has 1 N–H and O–H groups in total. The van der Waals surface area contributed by atoms with E-state index in [0.717, 1.165) is 22.2 Å². The molecule has 152 valence electrons. The molecule has 2 aromatic rings. The van der Waals surface area contributed by atoms with E-state index in [9.17, 15) is 13.2 Å². The van der Waals surface area contributed by atoms with Crippen LogP contribution < -0.4 is 0 Å². The molecule has 3 heterocycles. The van der Waals surface area contributed by atoms with Crippen LogP contribution in [0.4, 0.5) is 0 Å². The second-order valence-corrected chi connectivity index (χ2v) is 9.43. The van der Waals surface area contributed by atoms with Crippen molar-refractivity contribution in [1.29, 1.82) is 0 Å². The lowest BCUT2D eigenvalue weighted by Gasteiger charge is -2.38. The van der Waals surface area contributed by atoms with E-state index in [1.54, 1.807) is 12.1 Å². The van der Waals surface area contributed by atoms with Crippen LogP contribution in [0.25, 0.3) is 10.9 Å². The number of fused-ring (bicyclic) bond motifs is 3. The Hall–Kier alpha value is -1.94. The molecule has 1 saturated heterocycles. The lowest BCUT2D eigenvalue weighted by molar-refractivity contribution is -0.0455. The minimum atomic E-state index is -3.59. The normalized spacial score (nSPS) is 24.2. The topological polar surface area (TPSA) is 91.9 Å². The fourth-order valence-electron chi connectivity index (χ4n) is 4.11. The second kappa shape index (κ2) is 7.14. The van der Waals surface area contributed by atoms with Gasteiger partial charge in [-0.2, -0.15) is 17.0 Å². The quantitative estimate of drug-likeness (QED) is 0.782. The molecular formula is C19H25N3O5S. The van der Waals surface area contributed by atoms with Crippen molar-refractivity contribution in [3.05, 3.63) is 35.0 Å². The number of hydrogen-bond donors (Lipinski definition) is 1. The van der Waals surface area contributed by atoms with Gasteiger partial charge in [0.1, 0.15) is 0 Å². The fraction of sp³-hybridized carbons (Fsp3) is 0.526. The van der Waals surface area contributed by atoms with Gasteiger partial charge in [0.25, 0.3) is 10.2 Å². The molecule has 8 nitrogen and oxygen atoms in total. The molecule has 0 radical (unpaired) electrons. The summed E-state index contributed by atoms with van der Waals surface area (Å²) in [6.07, 6.45) is 0.343. The number of carbonyl (C=O) groups is 1. The highest BCUT2D eigenvalue weighted by Crippen LogP contribution is 2.31. The zero-order valence-corrected chi connectivity index (χ0v) is 17.1. The molecule has 1 fully saturated rings. The first kappa shape index (κ1) is 19.4. The van der Waals surface area contributed by atoms with Crippen LogP contribution in [-0.2, 0) is 32.6 Å². The maximum Gasteiger partial charge on any atom is 0.337 e. The third-order valence-corrected chi connectivity index (χ3v) is 7.31. The van der Waals surface area contributed by atoms with E-state index in [1.807, 2.05) is 19.9 Å². The minimum Gasteiger partial charge on any atom is -0.465 e. The summed E-state index contributed by atoms with van der Waals surface area (Å²) in [6.45, 7) is 5.20. The van der Waals surface area contributed by atoms with E-state index in [0.29, 0.717) is 31.6 Å². The molecule has 2 aliphatic rings. The van der Waals surface area contributed by atoms with Crippen LogP contribution in [0, 0.1) is 0 Å². The highest BCUT2D eigenvalue weighted by molar-refractivity contribution is 7.86. The molecule has 2 atom stereocenters. The molecule has 28 heavy (non-hydrogen) atoms. The van der Waals surface area contributed by atoms with E-state index in [1.165, 1.54) is 15.7 Å². The summed E-state index contributed by atoms with van der Waals surface area (Å²) in [7, 11) is -2.25. The molecule has 0 unspecified atom stereocenters. The van der Waals surface area contributed by atoms with Crippen LogP contribution in [0.5, 0.6) is 0 Å². The molecule has 1 aromatic carbocycles. The summed E-state index contributed by atoms with van der Waals surface area (Å²) in [6, 6.07) is 5.32. The Balaban J connectivity index is 1.66. The Morgan fingerprint density at radius 2 is 1.93 bits per heavy atom. The van der Waals surface area contributed by atoms with Crippen LogP contribution in [0.2, 0.25) is 0 Å². The number of aromatic amines is 1. The summed E-state index contributed by atoms with van der Waals surface area (Å²) in [5.74, 6) is -0.409. The van der Waals surface area contributed by atoms with E-state index < -0.39 is 16.2 Å². The standard InChI is InChI=1S/C19H25N3O5S/c1-12-9-22(10-13(2)27-12)28(24,25)21-7-6-18-16(11-21)15-8-14(19(23)26-3)4-5-17(15)20-18/h4-5,8,12-13,20H,6-7,9-11H2,1-3H3/t12-,13+. The van der Waals surface area contributed by atoms with E-state index in [4.69, 9.17) is 9.47 Å². The van der Waals surface area contributed by atoms with Crippen molar-refractivity contribution in [3.8, 4) is 0 Å². The molecule has 2 aliphatic heterocycles. The zero-order chi connectivity index (χ0) is 20.1. The van der Waals surface area contributed by atoms with Crippen LogP contribution >= 0.6 is 0 Å². The van der Waals surface area contributed by atoms with Crippen molar-refractivity contribution in [1.82, 2.24) is 13.6 Å². The number of nitrogens with one attached hydrogen (secondary N) is 1. The summed E-state index contributed by atoms with van der Waals surface area (Å²) in [5.41, 5.74) is 3.29. The van der Waals surface area contributed by atoms with E-state index >= 15 is 0 Å². The SMILES string of the molecule is COC(=O)c1ccc2[nH]c3c(c2c1)CN(S(=O)(=O)N1C[C@@H](C)O[C@@H](C)C1)CC3. The number of hydrogen-bond acceptors (Lipinski definition) is 5. The van der Waals surface area contributed by atoms with Gasteiger partial charge in [-0.1, -0.05) is 0 Å². The zero-order valence-electron chi connectivity index (χ0n) is 16.3. The number of aromatic nitrogens is 1. The molecule has 4 rings (SSSR count). The predicted octanol–water partition coefficient (Wildman–Crippen LogP) is 1.67. The fourth-order valence-corrected chi connectivity index (χ4v) is 5.85. The first-order valence-electron chi connectivity index (χ1n) is 9.42. The Morgan fingerprint density at radius 1 is 1.21 bits per heavy atom. The third kappa shape index (κ3) is 3.32. The molecule has 9 heteroatoms. The Kier molecular flexibility index (Phi) is 4.95. The molecule has 0 spiro atoms. The first-order valence-corrected chi connectivity index (χ1v) is 10.8. The van der Waals surface area contributed by atoms with Gasteiger partial charge in [-0.25, -0.2) is 4.79 Å². The van der Waals surface area contributed by atoms with Crippen molar-refractivity contribution in [2.24, 2.45) is 0 Å². The summed E-state index contributed by atoms with van der Waals surface area (Å²) < 4.78 is 40.0. The highest BCUT2D eigenvalue weighted by atomic mass is 32.2. The molecule has 0 aliphatic carbocycles. The average Bonchev–Trinajstić information content (AvgIpc) is 3.03. The Morgan fingerprint density at radius 3 is 2.61 bits per heavy atom. The lowest BCUT2D eigenvalue weighted by atomic mass is 10.0. The number of benzene rings is 1. The van der Waals surface area contributed by atoms with Gasteiger partial charge in [0.2, 0.25) is 0 Å². The van der Waals surface area contributed by atoms with Crippen molar-refractivity contribution >= 4 is 27.1 Å². The third-order valence-electron chi connectivity index (χ3n) is 5.40. The average molecular weight is 407 g/mol. The Labute approximate surface area is 164 Å². The number of morpholine rings is 1. The van der Waals surface area contributed by atoms with Gasteiger partial charge in [-0.15, -0.1) is 0 Å². The van der Waals surface area contributed by atoms with E-state index in [-0.39, 0.29) is 18.8 Å². The van der Waals surface area contributed by atoms with Crippen LogP contribution in [-0.4, -0.2) is 66.9 Å². The largest absolute Gasteiger partial charge is 0.465 e. The number of rotatable bonds is 3. The Bertz CT molecular complexity index is 1010. The van der Waals surface area contributed by atoms with Gasteiger partial charge in [-0.3, -0.25) is 0 Å². The van der Waals surface area contributed by atoms with Crippen molar-refractivity contribution in [2.45, 2.75) is 39.0 Å². The molecule has 0 saturated carbocycles. The number of esters is 1. The minimum absolute atomic E-state index is 0.130. The number of ether oxygens (including phenoxy) is 2. The molecule has 0 amide bonds. The second-order valence-electron chi connectivity index (χ2n) is 7.50. The van der Waals surface area contributed by atoms with Crippen LogP contribution in [0.3, 0.4) is 0 Å². The summed E-state index contributed by atoms with van der Waals surface area (Å²) in [5, 5.41) is 0.863. The maximum absolute atomic E-state index is 13.2. The highest BCUT2D eigenvalue weighted by Gasteiger charge is 2.37. The number of H-pyrrole nitrogens is 1. The van der Waals surface area contributed by atoms with Gasteiger partial charge in [0.15, 0.2) is 0 Å². The monoisotopic (exact) mass is 407 g/mol. The van der Waals surface area contributed by atoms with Gasteiger partial charge in [0, 0.05) is 49.2 Å². The molecular weight excluding hydrogens is 382 g/mol. The van der Waals surface area contributed by atoms with Gasteiger partial charge < -0.3 is 14.5 Å². The van der Waals surface area contributed by atoms with Crippen LogP contribution in [0.15, 0.2) is 18.2 Å². The maximum atomic E-state index is 13.2. The molecule has 1 aromatic heterocycles. The van der Waals surface area contributed by atoms with Gasteiger partial charge in [0.05, 0.1) is 24.9 Å². The van der Waals surface area contributed by atoms with E-state index in [2.05, 4.69) is 4.98 Å². The summed E-state index contributed by atoms with van der Waals surface area (Å²) in [4.78, 5) is 15.2. The number of methoxy groups -OCH3 is 1. The molecule has 0 bridgehead atoms.